The molecule has 112 valence electrons. The first-order chi connectivity index (χ1) is 9.72. The average molecular weight is 316 g/mol. The number of benzene rings is 2. The Labute approximate surface area is 119 Å². The van der Waals surface area contributed by atoms with Crippen LogP contribution in [0.15, 0.2) is 35.2 Å². The Kier molecular flexibility index (Phi) is 3.82. The number of sulfonamides is 1. The molecule has 0 unspecified atom stereocenters. The second-order valence-corrected chi connectivity index (χ2v) is 6.03. The van der Waals surface area contributed by atoms with E-state index >= 15 is 0 Å². The van der Waals surface area contributed by atoms with Crippen LogP contribution in [0.5, 0.6) is 0 Å². The summed E-state index contributed by atoms with van der Waals surface area (Å²) in [6.07, 6.45) is 0. The van der Waals surface area contributed by atoms with Crippen LogP contribution in [0.1, 0.15) is 5.56 Å². The third-order valence-electron chi connectivity index (χ3n) is 2.83. The highest BCUT2D eigenvalue weighted by atomic mass is 32.2. The first kappa shape index (κ1) is 15.2. The van der Waals surface area contributed by atoms with Crippen LogP contribution in [0.2, 0.25) is 0 Å². The SMILES string of the molecule is Cc1cc(S(=O)(=O)Nc2ccc(F)c(F)c2F)ccc1N. The number of rotatable bonds is 3. The van der Waals surface area contributed by atoms with E-state index < -0.39 is 33.2 Å². The summed E-state index contributed by atoms with van der Waals surface area (Å²) in [5, 5.41) is 0. The van der Waals surface area contributed by atoms with Crippen molar-refractivity contribution < 1.29 is 21.6 Å². The van der Waals surface area contributed by atoms with Crippen LogP contribution in [0.4, 0.5) is 24.5 Å². The lowest BCUT2D eigenvalue weighted by Gasteiger charge is -2.10. The van der Waals surface area contributed by atoms with Crippen LogP contribution >= 0.6 is 0 Å². The highest BCUT2D eigenvalue weighted by Crippen LogP contribution is 2.24. The lowest BCUT2D eigenvalue weighted by atomic mass is 10.2. The third-order valence-corrected chi connectivity index (χ3v) is 4.19. The van der Waals surface area contributed by atoms with E-state index in [1.165, 1.54) is 18.2 Å². The fraction of sp³-hybridized carbons (Fsp3) is 0.0769. The van der Waals surface area contributed by atoms with Gasteiger partial charge in [0.05, 0.1) is 10.6 Å². The van der Waals surface area contributed by atoms with E-state index in [0.717, 1.165) is 6.07 Å². The van der Waals surface area contributed by atoms with E-state index in [4.69, 9.17) is 5.73 Å². The number of anilines is 2. The number of nitrogen functional groups attached to an aromatic ring is 1. The van der Waals surface area contributed by atoms with E-state index in [-0.39, 0.29) is 4.90 Å². The number of aryl methyl sites for hydroxylation is 1. The Morgan fingerprint density at radius 2 is 1.71 bits per heavy atom. The zero-order chi connectivity index (χ0) is 15.8. The van der Waals surface area contributed by atoms with Crippen molar-refractivity contribution in [3.8, 4) is 0 Å². The van der Waals surface area contributed by atoms with Crippen molar-refractivity contribution in [2.75, 3.05) is 10.5 Å². The molecule has 0 saturated heterocycles. The van der Waals surface area contributed by atoms with Crippen LogP contribution in [0.25, 0.3) is 0 Å². The van der Waals surface area contributed by atoms with Crippen molar-refractivity contribution in [1.82, 2.24) is 0 Å². The minimum absolute atomic E-state index is 0.168. The summed E-state index contributed by atoms with van der Waals surface area (Å²) in [5.74, 6) is -4.76. The van der Waals surface area contributed by atoms with Gasteiger partial charge >= 0.3 is 0 Å². The summed E-state index contributed by atoms with van der Waals surface area (Å²) in [6, 6.07) is 5.32. The molecule has 0 fully saturated rings. The van der Waals surface area contributed by atoms with Gasteiger partial charge in [0.1, 0.15) is 0 Å². The molecule has 0 saturated carbocycles. The summed E-state index contributed by atoms with van der Waals surface area (Å²) in [5.41, 5.74) is 5.81. The molecule has 0 spiro atoms. The summed E-state index contributed by atoms with van der Waals surface area (Å²) >= 11 is 0. The lowest BCUT2D eigenvalue weighted by Crippen LogP contribution is -2.15. The van der Waals surface area contributed by atoms with Crippen LogP contribution < -0.4 is 10.5 Å². The predicted molar refractivity (Wildman–Crippen MR) is 72.7 cm³/mol. The Morgan fingerprint density at radius 3 is 2.33 bits per heavy atom. The Balaban J connectivity index is 2.42. The van der Waals surface area contributed by atoms with Gasteiger partial charge < -0.3 is 5.73 Å². The fourth-order valence-corrected chi connectivity index (χ4v) is 2.77. The first-order valence-corrected chi connectivity index (χ1v) is 7.23. The summed E-state index contributed by atoms with van der Waals surface area (Å²) in [6.45, 7) is 1.60. The first-order valence-electron chi connectivity index (χ1n) is 5.75. The molecule has 2 aromatic rings. The molecule has 0 aromatic heterocycles. The number of hydrogen-bond acceptors (Lipinski definition) is 3. The molecule has 0 atom stereocenters. The summed E-state index contributed by atoms with van der Waals surface area (Å²) in [4.78, 5) is -0.168. The highest BCUT2D eigenvalue weighted by Gasteiger charge is 2.20. The van der Waals surface area contributed by atoms with Gasteiger partial charge in [-0.1, -0.05) is 0 Å². The van der Waals surface area contributed by atoms with Gasteiger partial charge in [0.2, 0.25) is 0 Å². The van der Waals surface area contributed by atoms with Crippen LogP contribution in [0, 0.1) is 24.4 Å². The fourth-order valence-electron chi connectivity index (χ4n) is 1.62. The van der Waals surface area contributed by atoms with E-state index in [1.54, 1.807) is 6.92 Å². The molecule has 8 heteroatoms. The molecule has 3 N–H and O–H groups in total. The second kappa shape index (κ2) is 5.28. The molecule has 2 rings (SSSR count). The zero-order valence-electron chi connectivity index (χ0n) is 10.8. The smallest absolute Gasteiger partial charge is 0.261 e. The van der Waals surface area contributed by atoms with Gasteiger partial charge in [-0.25, -0.2) is 21.6 Å². The van der Waals surface area contributed by atoms with Gasteiger partial charge in [-0.2, -0.15) is 0 Å². The average Bonchev–Trinajstić information content (AvgIpc) is 2.42. The minimum Gasteiger partial charge on any atom is -0.399 e. The van der Waals surface area contributed by atoms with Crippen molar-refractivity contribution in [1.29, 1.82) is 0 Å². The number of nitrogens with one attached hydrogen (secondary N) is 1. The summed E-state index contributed by atoms with van der Waals surface area (Å²) < 4.78 is 65.4. The van der Waals surface area contributed by atoms with Crippen molar-refractivity contribution >= 4 is 21.4 Å². The lowest BCUT2D eigenvalue weighted by molar-refractivity contribution is 0.449. The van der Waals surface area contributed by atoms with Gasteiger partial charge in [0, 0.05) is 5.69 Å². The molecule has 0 aliphatic heterocycles. The molecule has 0 radical (unpaired) electrons. The Bertz CT molecular complexity index is 807. The number of nitrogens with two attached hydrogens (primary N) is 1. The molecule has 0 amide bonds. The van der Waals surface area contributed by atoms with Crippen molar-refractivity contribution in [3.63, 3.8) is 0 Å². The molecule has 0 bridgehead atoms. The van der Waals surface area contributed by atoms with Crippen LogP contribution in [-0.2, 0) is 10.0 Å². The molecule has 0 aliphatic carbocycles. The van der Waals surface area contributed by atoms with E-state index in [9.17, 15) is 21.6 Å². The van der Waals surface area contributed by atoms with Crippen molar-refractivity contribution in [2.24, 2.45) is 0 Å². The quantitative estimate of drug-likeness (QED) is 0.675. The monoisotopic (exact) mass is 316 g/mol. The molecule has 0 aliphatic rings. The van der Waals surface area contributed by atoms with Crippen molar-refractivity contribution in [2.45, 2.75) is 11.8 Å². The molecule has 21 heavy (non-hydrogen) atoms. The second-order valence-electron chi connectivity index (χ2n) is 4.35. The maximum absolute atomic E-state index is 13.5. The normalized spacial score (nSPS) is 11.4. The standard InChI is InChI=1S/C13H11F3N2O2S/c1-7-6-8(2-4-10(7)17)21(19,20)18-11-5-3-9(14)12(15)13(11)16/h2-6,18H,17H2,1H3. The van der Waals surface area contributed by atoms with Gasteiger partial charge in [-0.15, -0.1) is 0 Å². The maximum atomic E-state index is 13.5. The summed E-state index contributed by atoms with van der Waals surface area (Å²) in [7, 11) is -4.14. The maximum Gasteiger partial charge on any atom is 0.261 e. The topological polar surface area (TPSA) is 72.2 Å². The van der Waals surface area contributed by atoms with Gasteiger partial charge in [0.15, 0.2) is 17.5 Å². The molecule has 2 aromatic carbocycles. The highest BCUT2D eigenvalue weighted by molar-refractivity contribution is 7.92. The van der Waals surface area contributed by atoms with E-state index in [1.807, 2.05) is 4.72 Å². The third kappa shape index (κ3) is 2.94. The Morgan fingerprint density at radius 1 is 1.05 bits per heavy atom. The van der Waals surface area contributed by atoms with Crippen LogP contribution in [0.3, 0.4) is 0 Å². The minimum atomic E-state index is -4.14. The van der Waals surface area contributed by atoms with E-state index in [0.29, 0.717) is 17.3 Å². The van der Waals surface area contributed by atoms with Gasteiger partial charge in [-0.05, 0) is 42.8 Å². The van der Waals surface area contributed by atoms with Gasteiger partial charge in [0.25, 0.3) is 10.0 Å². The Hall–Kier alpha value is -2.22. The van der Waals surface area contributed by atoms with Gasteiger partial charge in [-0.3, -0.25) is 4.72 Å². The zero-order valence-corrected chi connectivity index (χ0v) is 11.6. The molecular formula is C13H11F3N2O2S. The molecular weight excluding hydrogens is 305 g/mol. The van der Waals surface area contributed by atoms with Crippen LogP contribution in [-0.4, -0.2) is 8.42 Å². The number of hydrogen-bond donors (Lipinski definition) is 2. The number of halogens is 3. The molecule has 4 nitrogen and oxygen atoms in total. The largest absolute Gasteiger partial charge is 0.399 e. The van der Waals surface area contributed by atoms with E-state index in [2.05, 4.69) is 0 Å². The molecule has 0 heterocycles. The predicted octanol–water partition coefficient (Wildman–Crippen LogP) is 2.80. The van der Waals surface area contributed by atoms with Crippen molar-refractivity contribution in [3.05, 3.63) is 53.3 Å².